The Kier molecular flexibility index (Phi) is 7.43. The Bertz CT molecular complexity index is 1030. The van der Waals surface area contributed by atoms with Gasteiger partial charge in [-0.15, -0.1) is 0 Å². The summed E-state index contributed by atoms with van der Waals surface area (Å²) in [4.78, 5) is 24.3. The smallest absolute Gasteiger partial charge is 0.251 e. The van der Waals surface area contributed by atoms with E-state index in [1.54, 1.807) is 11.8 Å². The largest absolute Gasteiger partial charge is 0.356 e. The predicted octanol–water partition coefficient (Wildman–Crippen LogP) is 5.42. The zero-order chi connectivity index (χ0) is 22.3. The van der Waals surface area contributed by atoms with Crippen LogP contribution in [0.5, 0.6) is 0 Å². The third-order valence-corrected chi connectivity index (χ3v) is 6.37. The molecule has 3 aromatic rings. The maximum Gasteiger partial charge on any atom is 0.251 e. The van der Waals surface area contributed by atoms with Crippen molar-refractivity contribution >= 4 is 23.5 Å². The lowest BCUT2D eigenvalue weighted by Gasteiger charge is -2.18. The van der Waals surface area contributed by atoms with Gasteiger partial charge in [0.2, 0.25) is 0 Å². The molecule has 6 heteroatoms. The molecule has 2 aromatic carbocycles. The lowest BCUT2D eigenvalue weighted by atomic mass is 10.1. The molecule has 166 valence electrons. The van der Waals surface area contributed by atoms with Gasteiger partial charge in [0.1, 0.15) is 5.82 Å². The highest BCUT2D eigenvalue weighted by atomic mass is 32.2. The lowest BCUT2D eigenvalue weighted by Crippen LogP contribution is -2.27. The Morgan fingerprint density at radius 2 is 1.75 bits per heavy atom. The molecule has 0 bridgehead atoms. The van der Waals surface area contributed by atoms with Crippen LogP contribution in [0.3, 0.4) is 0 Å². The quantitative estimate of drug-likeness (QED) is 0.370. The van der Waals surface area contributed by atoms with Crippen LogP contribution in [0.2, 0.25) is 0 Å². The monoisotopic (exact) mass is 446 g/mol. The van der Waals surface area contributed by atoms with Crippen LogP contribution in [0, 0.1) is 5.92 Å². The fourth-order valence-electron chi connectivity index (χ4n) is 3.64. The number of amides is 1. The molecule has 32 heavy (non-hydrogen) atoms. The summed E-state index contributed by atoms with van der Waals surface area (Å²) in [6, 6.07) is 20.2. The minimum atomic E-state index is -0.0212. The number of nitrogens with one attached hydrogen (secondary N) is 1. The van der Waals surface area contributed by atoms with Gasteiger partial charge in [0.15, 0.2) is 5.16 Å². The molecule has 1 saturated heterocycles. The Balaban J connectivity index is 1.47. The van der Waals surface area contributed by atoms with Crippen molar-refractivity contribution in [2.75, 3.05) is 24.5 Å². The molecule has 2 heterocycles. The average molecular weight is 447 g/mol. The van der Waals surface area contributed by atoms with Crippen molar-refractivity contribution in [1.82, 2.24) is 15.3 Å². The predicted molar refractivity (Wildman–Crippen MR) is 132 cm³/mol. The molecule has 0 atom stereocenters. The van der Waals surface area contributed by atoms with E-state index in [2.05, 4.69) is 42.3 Å². The number of rotatable bonds is 8. The number of hydrogen-bond acceptors (Lipinski definition) is 5. The Labute approximate surface area is 194 Å². The highest BCUT2D eigenvalue weighted by Gasteiger charge is 2.17. The molecule has 1 aliphatic heterocycles. The number of carbonyl (C=O) groups excluding carboxylic acids is 1. The third-order valence-electron chi connectivity index (χ3n) is 5.45. The second kappa shape index (κ2) is 10.6. The van der Waals surface area contributed by atoms with Gasteiger partial charge >= 0.3 is 0 Å². The Morgan fingerprint density at radius 3 is 2.44 bits per heavy atom. The summed E-state index contributed by atoms with van der Waals surface area (Å²) in [7, 11) is 0. The molecule has 0 radical (unpaired) electrons. The van der Waals surface area contributed by atoms with Crippen molar-refractivity contribution in [3.63, 3.8) is 0 Å². The van der Waals surface area contributed by atoms with Gasteiger partial charge in [0, 0.05) is 42.6 Å². The number of thioether (sulfide) groups is 1. The number of anilines is 1. The van der Waals surface area contributed by atoms with Gasteiger partial charge in [0.25, 0.3) is 5.91 Å². The zero-order valence-electron chi connectivity index (χ0n) is 18.8. The second-order valence-electron chi connectivity index (χ2n) is 8.54. The topological polar surface area (TPSA) is 58.1 Å². The van der Waals surface area contributed by atoms with E-state index in [9.17, 15) is 4.79 Å². The summed E-state index contributed by atoms with van der Waals surface area (Å²) in [5.41, 5.74) is 3.90. The van der Waals surface area contributed by atoms with E-state index < -0.39 is 0 Å². The SMILES string of the molecule is CC(C)CNC(=O)c1ccc(CSc2nc(-c3ccccc3)cc(N3CCCC3)n2)cc1. The number of nitrogens with zero attached hydrogens (tertiary/aromatic N) is 3. The average Bonchev–Trinajstić information content (AvgIpc) is 3.37. The molecule has 0 spiro atoms. The molecule has 4 rings (SSSR count). The molecule has 0 aliphatic carbocycles. The highest BCUT2D eigenvalue weighted by Crippen LogP contribution is 2.28. The molecular weight excluding hydrogens is 416 g/mol. The van der Waals surface area contributed by atoms with E-state index in [4.69, 9.17) is 9.97 Å². The van der Waals surface area contributed by atoms with Crippen LogP contribution in [-0.4, -0.2) is 35.5 Å². The fourth-order valence-corrected chi connectivity index (χ4v) is 4.45. The minimum absolute atomic E-state index is 0.0212. The molecule has 0 unspecified atom stereocenters. The van der Waals surface area contributed by atoms with Gasteiger partial charge in [-0.25, -0.2) is 9.97 Å². The van der Waals surface area contributed by atoms with E-state index in [1.807, 2.05) is 42.5 Å². The van der Waals surface area contributed by atoms with E-state index in [1.165, 1.54) is 12.8 Å². The van der Waals surface area contributed by atoms with Crippen LogP contribution in [0.25, 0.3) is 11.3 Å². The maximum absolute atomic E-state index is 12.2. The van der Waals surface area contributed by atoms with Gasteiger partial charge in [-0.1, -0.05) is 68.1 Å². The van der Waals surface area contributed by atoms with E-state index in [0.717, 1.165) is 46.6 Å². The third kappa shape index (κ3) is 5.88. The van der Waals surface area contributed by atoms with Crippen LogP contribution < -0.4 is 10.2 Å². The summed E-state index contributed by atoms with van der Waals surface area (Å²) >= 11 is 1.63. The van der Waals surface area contributed by atoms with E-state index >= 15 is 0 Å². The van der Waals surface area contributed by atoms with Gasteiger partial charge < -0.3 is 10.2 Å². The normalized spacial score (nSPS) is 13.5. The summed E-state index contributed by atoms with van der Waals surface area (Å²) in [6.45, 7) is 6.96. The molecular formula is C26H30N4OS. The van der Waals surface area contributed by atoms with Crippen molar-refractivity contribution in [3.8, 4) is 11.3 Å². The van der Waals surface area contributed by atoms with Crippen LogP contribution >= 0.6 is 11.8 Å². The van der Waals surface area contributed by atoms with Crippen LogP contribution in [0.1, 0.15) is 42.6 Å². The molecule has 5 nitrogen and oxygen atoms in total. The second-order valence-corrected chi connectivity index (χ2v) is 9.49. The lowest BCUT2D eigenvalue weighted by molar-refractivity contribution is 0.0949. The molecule has 1 fully saturated rings. The van der Waals surface area contributed by atoms with Gasteiger partial charge in [0.05, 0.1) is 5.69 Å². The number of aromatic nitrogens is 2. The fraction of sp³-hybridized carbons (Fsp3) is 0.346. The van der Waals surface area contributed by atoms with Crippen LogP contribution in [0.4, 0.5) is 5.82 Å². The van der Waals surface area contributed by atoms with Crippen molar-refractivity contribution in [1.29, 1.82) is 0 Å². The van der Waals surface area contributed by atoms with Gasteiger partial charge in [-0.3, -0.25) is 4.79 Å². The standard InChI is InChI=1S/C26H30N4OS/c1-19(2)17-27-25(31)22-12-10-20(11-13-22)18-32-26-28-23(21-8-4-3-5-9-21)16-24(29-26)30-14-6-7-15-30/h3-5,8-13,16,19H,6-7,14-15,17-18H2,1-2H3,(H,27,31). The summed E-state index contributed by atoms with van der Waals surface area (Å²) in [6.07, 6.45) is 2.43. The molecule has 1 amide bonds. The Hall–Kier alpha value is -2.86. The number of carbonyl (C=O) groups is 1. The van der Waals surface area contributed by atoms with Crippen LogP contribution in [-0.2, 0) is 5.75 Å². The van der Waals surface area contributed by atoms with Crippen molar-refractivity contribution in [2.45, 2.75) is 37.6 Å². The molecule has 1 aliphatic rings. The van der Waals surface area contributed by atoms with Gasteiger partial charge in [-0.2, -0.15) is 0 Å². The maximum atomic E-state index is 12.2. The summed E-state index contributed by atoms with van der Waals surface area (Å²) < 4.78 is 0. The van der Waals surface area contributed by atoms with Crippen molar-refractivity contribution < 1.29 is 4.79 Å². The zero-order valence-corrected chi connectivity index (χ0v) is 19.6. The highest BCUT2D eigenvalue weighted by molar-refractivity contribution is 7.98. The minimum Gasteiger partial charge on any atom is -0.356 e. The van der Waals surface area contributed by atoms with E-state index in [-0.39, 0.29) is 5.91 Å². The van der Waals surface area contributed by atoms with Crippen molar-refractivity contribution in [3.05, 3.63) is 71.8 Å². The number of benzene rings is 2. The molecule has 0 saturated carbocycles. The summed E-state index contributed by atoms with van der Waals surface area (Å²) in [5.74, 6) is 2.18. The van der Waals surface area contributed by atoms with Crippen molar-refractivity contribution in [2.24, 2.45) is 5.92 Å². The Morgan fingerprint density at radius 1 is 1.03 bits per heavy atom. The first kappa shape index (κ1) is 22.3. The summed E-state index contributed by atoms with van der Waals surface area (Å²) in [5, 5.41) is 3.75. The van der Waals surface area contributed by atoms with E-state index in [0.29, 0.717) is 18.0 Å². The first-order chi connectivity index (χ1) is 15.6. The first-order valence-electron chi connectivity index (χ1n) is 11.3. The van der Waals surface area contributed by atoms with Gasteiger partial charge in [-0.05, 0) is 36.5 Å². The van der Waals surface area contributed by atoms with Crippen LogP contribution in [0.15, 0.2) is 65.8 Å². The number of hydrogen-bond donors (Lipinski definition) is 1. The first-order valence-corrected chi connectivity index (χ1v) is 12.3. The molecule has 1 N–H and O–H groups in total. The molecule has 1 aromatic heterocycles.